The lowest BCUT2D eigenvalue weighted by Gasteiger charge is -2.12. The number of ether oxygens (including phenoxy) is 1. The van der Waals surface area contributed by atoms with Crippen LogP contribution in [0.15, 0.2) is 34.9 Å². The molecule has 1 aromatic carbocycles. The molecule has 2 heterocycles. The zero-order valence-electron chi connectivity index (χ0n) is 16.5. The highest BCUT2D eigenvalue weighted by Gasteiger charge is 2.32. The average molecular weight is 398 g/mol. The Morgan fingerprint density at radius 1 is 1.25 bits per heavy atom. The average Bonchev–Trinajstić information content (AvgIpc) is 3.17. The molecule has 8 heteroatoms. The van der Waals surface area contributed by atoms with Crippen LogP contribution in [0.5, 0.6) is 0 Å². The van der Waals surface area contributed by atoms with Crippen LogP contribution < -0.4 is 9.91 Å². The molecule has 7 nitrogen and oxygen atoms in total. The molecule has 1 aliphatic heterocycles. The standard InChI is InChI=1S/C20H22N4O3S/c1-6-27-19(26)17-13(3)21-20(28-17)24-18(25)16(12(2)22-24)11-14-7-9-15(10-8-14)23(4)5/h7-11H,6H2,1-5H3. The highest BCUT2D eigenvalue weighted by molar-refractivity contribution is 7.17. The topological polar surface area (TPSA) is 75.1 Å². The van der Waals surface area contributed by atoms with E-state index < -0.39 is 5.97 Å². The van der Waals surface area contributed by atoms with Gasteiger partial charge < -0.3 is 9.64 Å². The van der Waals surface area contributed by atoms with Crippen LogP contribution in [-0.4, -0.2) is 43.3 Å². The predicted octanol–water partition coefficient (Wildman–Crippen LogP) is 3.50. The zero-order chi connectivity index (χ0) is 20.4. The maximum Gasteiger partial charge on any atom is 0.350 e. The summed E-state index contributed by atoms with van der Waals surface area (Å²) in [6.45, 7) is 5.52. The van der Waals surface area contributed by atoms with Crippen molar-refractivity contribution in [3.05, 3.63) is 46.0 Å². The summed E-state index contributed by atoms with van der Waals surface area (Å²) < 4.78 is 5.04. The summed E-state index contributed by atoms with van der Waals surface area (Å²) >= 11 is 1.10. The molecule has 0 N–H and O–H groups in total. The second-order valence-corrected chi connectivity index (χ2v) is 7.46. The molecule has 0 unspecified atom stereocenters. The van der Waals surface area contributed by atoms with Crippen molar-refractivity contribution in [2.45, 2.75) is 20.8 Å². The minimum Gasteiger partial charge on any atom is -0.462 e. The molecule has 3 rings (SSSR count). The molecule has 1 aliphatic rings. The normalized spacial score (nSPS) is 15.2. The van der Waals surface area contributed by atoms with Crippen LogP contribution in [-0.2, 0) is 9.53 Å². The molecule has 0 atom stereocenters. The van der Waals surface area contributed by atoms with Crippen LogP contribution in [0.25, 0.3) is 6.08 Å². The van der Waals surface area contributed by atoms with Crippen molar-refractivity contribution in [3.63, 3.8) is 0 Å². The summed E-state index contributed by atoms with van der Waals surface area (Å²) in [5.74, 6) is -0.703. The summed E-state index contributed by atoms with van der Waals surface area (Å²) in [4.78, 5) is 31.6. The number of nitrogens with zero attached hydrogens (tertiary/aromatic N) is 4. The predicted molar refractivity (Wildman–Crippen MR) is 112 cm³/mol. The van der Waals surface area contributed by atoms with Gasteiger partial charge in [-0.05, 0) is 44.5 Å². The van der Waals surface area contributed by atoms with E-state index in [4.69, 9.17) is 4.74 Å². The minimum absolute atomic E-state index is 0.265. The van der Waals surface area contributed by atoms with E-state index in [2.05, 4.69) is 10.1 Å². The number of aromatic nitrogens is 1. The summed E-state index contributed by atoms with van der Waals surface area (Å²) in [5, 5.41) is 5.95. The molecule has 2 aromatic rings. The third-order valence-corrected chi connectivity index (χ3v) is 5.32. The number of carbonyl (C=O) groups excluding carboxylic acids is 2. The lowest BCUT2D eigenvalue weighted by Crippen LogP contribution is -2.21. The number of esters is 1. The van der Waals surface area contributed by atoms with Crippen molar-refractivity contribution in [2.24, 2.45) is 5.10 Å². The van der Waals surface area contributed by atoms with E-state index in [9.17, 15) is 9.59 Å². The fourth-order valence-electron chi connectivity index (χ4n) is 2.71. The van der Waals surface area contributed by atoms with Gasteiger partial charge in [-0.3, -0.25) is 4.79 Å². The Kier molecular flexibility index (Phi) is 5.60. The van der Waals surface area contributed by atoms with Crippen LogP contribution in [0.1, 0.15) is 34.8 Å². The summed E-state index contributed by atoms with van der Waals surface area (Å²) in [6.07, 6.45) is 1.81. The molecular weight excluding hydrogens is 376 g/mol. The van der Waals surface area contributed by atoms with Crippen LogP contribution in [0, 0.1) is 6.92 Å². The molecule has 0 fully saturated rings. The van der Waals surface area contributed by atoms with Gasteiger partial charge in [0.2, 0.25) is 5.13 Å². The SMILES string of the molecule is CCOC(=O)c1sc(N2N=C(C)C(=Cc3ccc(N(C)C)cc3)C2=O)nc1C. The van der Waals surface area contributed by atoms with Gasteiger partial charge in [-0.15, -0.1) is 0 Å². The van der Waals surface area contributed by atoms with Crippen molar-refractivity contribution >= 4 is 45.8 Å². The molecule has 0 saturated heterocycles. The largest absolute Gasteiger partial charge is 0.462 e. The molecular formula is C20H22N4O3S. The molecule has 28 heavy (non-hydrogen) atoms. The Bertz CT molecular complexity index is 974. The minimum atomic E-state index is -0.437. The molecule has 0 saturated carbocycles. The van der Waals surface area contributed by atoms with Crippen molar-refractivity contribution in [1.29, 1.82) is 0 Å². The third kappa shape index (κ3) is 3.82. The Morgan fingerprint density at radius 2 is 1.93 bits per heavy atom. The number of rotatable bonds is 5. The number of amides is 1. The number of hydrogen-bond acceptors (Lipinski definition) is 7. The number of aryl methyl sites for hydroxylation is 1. The second kappa shape index (κ2) is 7.93. The van der Waals surface area contributed by atoms with Crippen molar-refractivity contribution < 1.29 is 14.3 Å². The van der Waals surface area contributed by atoms with E-state index in [1.807, 2.05) is 49.3 Å². The molecule has 0 spiro atoms. The van der Waals surface area contributed by atoms with Crippen LogP contribution >= 0.6 is 11.3 Å². The summed E-state index contributed by atoms with van der Waals surface area (Å²) in [7, 11) is 3.95. The van der Waals surface area contributed by atoms with E-state index in [1.165, 1.54) is 5.01 Å². The number of thiazole rings is 1. The Morgan fingerprint density at radius 3 is 2.54 bits per heavy atom. The summed E-state index contributed by atoms with van der Waals surface area (Å²) in [5.41, 5.74) is 3.62. The second-order valence-electron chi connectivity index (χ2n) is 6.48. The number of hydrazone groups is 1. The molecule has 0 aliphatic carbocycles. The van der Waals surface area contributed by atoms with Crippen molar-refractivity contribution in [3.8, 4) is 0 Å². The van der Waals surface area contributed by atoms with Gasteiger partial charge in [-0.25, -0.2) is 9.78 Å². The fourth-order valence-corrected chi connectivity index (χ4v) is 3.62. The van der Waals surface area contributed by atoms with E-state index in [0.29, 0.717) is 27.0 Å². The lowest BCUT2D eigenvalue weighted by molar-refractivity contribution is -0.114. The lowest BCUT2D eigenvalue weighted by atomic mass is 10.1. The zero-order valence-corrected chi connectivity index (χ0v) is 17.3. The first-order valence-electron chi connectivity index (χ1n) is 8.85. The van der Waals surface area contributed by atoms with E-state index in [-0.39, 0.29) is 12.5 Å². The summed E-state index contributed by atoms with van der Waals surface area (Å²) in [6, 6.07) is 7.90. The van der Waals surface area contributed by atoms with Crippen LogP contribution in [0.3, 0.4) is 0 Å². The Labute approximate surface area is 167 Å². The number of hydrogen-bond donors (Lipinski definition) is 0. The molecule has 1 amide bonds. The maximum absolute atomic E-state index is 12.9. The van der Waals surface area contributed by atoms with Gasteiger partial charge in [-0.2, -0.15) is 10.1 Å². The number of benzene rings is 1. The van der Waals surface area contributed by atoms with Gasteiger partial charge in [0, 0.05) is 19.8 Å². The number of anilines is 2. The molecule has 0 radical (unpaired) electrons. The van der Waals surface area contributed by atoms with Crippen LogP contribution in [0.2, 0.25) is 0 Å². The first-order valence-corrected chi connectivity index (χ1v) is 9.67. The van der Waals surface area contributed by atoms with E-state index in [0.717, 1.165) is 22.6 Å². The van der Waals surface area contributed by atoms with Gasteiger partial charge in [-0.1, -0.05) is 23.5 Å². The van der Waals surface area contributed by atoms with Gasteiger partial charge in [0.05, 0.1) is 23.6 Å². The van der Waals surface area contributed by atoms with Gasteiger partial charge in [0.25, 0.3) is 5.91 Å². The van der Waals surface area contributed by atoms with E-state index >= 15 is 0 Å². The molecule has 1 aromatic heterocycles. The van der Waals surface area contributed by atoms with Crippen molar-refractivity contribution in [1.82, 2.24) is 4.98 Å². The monoisotopic (exact) mass is 398 g/mol. The molecule has 0 bridgehead atoms. The first kappa shape index (κ1) is 19.8. The fraction of sp³-hybridized carbons (Fsp3) is 0.300. The van der Waals surface area contributed by atoms with Crippen LogP contribution in [0.4, 0.5) is 10.8 Å². The van der Waals surface area contributed by atoms with Crippen molar-refractivity contribution in [2.75, 3.05) is 30.6 Å². The van der Waals surface area contributed by atoms with E-state index in [1.54, 1.807) is 20.8 Å². The molecule has 146 valence electrons. The van der Waals surface area contributed by atoms with Gasteiger partial charge in [0.1, 0.15) is 4.88 Å². The quantitative estimate of drug-likeness (QED) is 0.569. The third-order valence-electron chi connectivity index (χ3n) is 4.21. The number of carbonyl (C=O) groups is 2. The van der Waals surface area contributed by atoms with Gasteiger partial charge in [0.15, 0.2) is 0 Å². The highest BCUT2D eigenvalue weighted by atomic mass is 32.1. The Hall–Kier alpha value is -3.00. The maximum atomic E-state index is 12.9. The smallest absolute Gasteiger partial charge is 0.350 e. The first-order chi connectivity index (χ1) is 13.3. The Balaban J connectivity index is 1.87. The highest BCUT2D eigenvalue weighted by Crippen LogP contribution is 2.31. The van der Waals surface area contributed by atoms with Gasteiger partial charge >= 0.3 is 5.97 Å².